The molecule has 0 saturated carbocycles. The van der Waals surface area contributed by atoms with Gasteiger partial charge in [0.2, 0.25) is 5.82 Å². The summed E-state index contributed by atoms with van der Waals surface area (Å²) in [5.74, 6) is -0.437. The molecule has 0 spiro atoms. The number of nitrogens with zero attached hydrogens (tertiary/aromatic N) is 3. The summed E-state index contributed by atoms with van der Waals surface area (Å²) in [6, 6.07) is 8.46. The van der Waals surface area contributed by atoms with Crippen molar-refractivity contribution in [3.63, 3.8) is 0 Å². The minimum atomic E-state index is -4.19. The van der Waals surface area contributed by atoms with Gasteiger partial charge in [-0.15, -0.1) is 10.2 Å². The molecule has 0 aliphatic heterocycles. The van der Waals surface area contributed by atoms with E-state index in [1.807, 2.05) is 4.72 Å². The van der Waals surface area contributed by atoms with Crippen LogP contribution in [0, 0.1) is 0 Å². The molecule has 3 rings (SSSR count). The van der Waals surface area contributed by atoms with Crippen LogP contribution in [0.2, 0.25) is 5.02 Å². The van der Waals surface area contributed by atoms with Crippen LogP contribution >= 0.6 is 11.6 Å². The van der Waals surface area contributed by atoms with Crippen LogP contribution in [-0.2, 0) is 14.8 Å². The molecule has 13 heteroatoms. The number of sulfonamides is 1. The maximum atomic E-state index is 12.4. The third kappa shape index (κ3) is 4.67. The molecular formula is C16H13ClN6O5S. The summed E-state index contributed by atoms with van der Waals surface area (Å²) in [4.78, 5) is 23.8. The summed E-state index contributed by atoms with van der Waals surface area (Å²) in [7, 11) is -3.02. The zero-order chi connectivity index (χ0) is 21.0. The first kappa shape index (κ1) is 20.2. The van der Waals surface area contributed by atoms with E-state index in [1.54, 1.807) is 0 Å². The van der Waals surface area contributed by atoms with Gasteiger partial charge >= 0.3 is 12.0 Å². The number of rotatable bonds is 5. The lowest BCUT2D eigenvalue weighted by Crippen LogP contribution is -2.34. The number of anilines is 1. The first-order chi connectivity index (χ1) is 13.8. The average molecular weight is 437 g/mol. The van der Waals surface area contributed by atoms with E-state index in [2.05, 4.69) is 30.7 Å². The van der Waals surface area contributed by atoms with E-state index in [0.717, 1.165) is 0 Å². The number of amides is 2. The van der Waals surface area contributed by atoms with Crippen LogP contribution < -0.4 is 10.0 Å². The van der Waals surface area contributed by atoms with E-state index in [-0.39, 0.29) is 27.0 Å². The maximum Gasteiger partial charge on any atom is 0.339 e. The molecule has 2 aromatic carbocycles. The Hall–Kier alpha value is -3.51. The molecule has 3 N–H and O–H groups in total. The van der Waals surface area contributed by atoms with Crippen LogP contribution in [0.4, 0.5) is 10.5 Å². The average Bonchev–Trinajstić information content (AvgIpc) is 3.22. The van der Waals surface area contributed by atoms with Gasteiger partial charge in [-0.3, -0.25) is 0 Å². The van der Waals surface area contributed by atoms with Crippen LogP contribution in [0.3, 0.4) is 0 Å². The second-order valence-corrected chi connectivity index (χ2v) is 7.62. The largest absolute Gasteiger partial charge is 0.465 e. The number of hydrogen-bond acceptors (Lipinski definition) is 8. The van der Waals surface area contributed by atoms with Crippen LogP contribution in [0.5, 0.6) is 0 Å². The highest BCUT2D eigenvalue weighted by atomic mass is 35.5. The number of urea groups is 1. The standard InChI is InChI=1S/C16H13ClN6O5S/c1-28-15(24)12-7-4-10(17)8-13(12)18-16(25)21-29(26,27)11-5-2-9(3-6-11)14-19-22-23-20-14/h2-8H,1H3,(H2,18,21,25)(H,19,20,22,23). The van der Waals surface area contributed by atoms with E-state index in [0.29, 0.717) is 5.56 Å². The lowest BCUT2D eigenvalue weighted by molar-refractivity contribution is 0.0602. The van der Waals surface area contributed by atoms with Crippen molar-refractivity contribution in [1.29, 1.82) is 0 Å². The number of H-pyrrole nitrogens is 1. The molecule has 1 heterocycles. The molecule has 1 aromatic heterocycles. The first-order valence-electron chi connectivity index (χ1n) is 7.86. The maximum absolute atomic E-state index is 12.4. The van der Waals surface area contributed by atoms with E-state index in [9.17, 15) is 18.0 Å². The summed E-state index contributed by atoms with van der Waals surface area (Å²) < 4.78 is 31.3. The molecule has 3 aromatic rings. The molecule has 11 nitrogen and oxygen atoms in total. The van der Waals surface area contributed by atoms with Crippen molar-refractivity contribution in [2.75, 3.05) is 12.4 Å². The number of ether oxygens (including phenoxy) is 1. The SMILES string of the molecule is COC(=O)c1ccc(Cl)cc1NC(=O)NS(=O)(=O)c1ccc(-c2nn[nH]n2)cc1. The molecular weight excluding hydrogens is 424 g/mol. The Morgan fingerprint density at radius 1 is 1.14 bits per heavy atom. The molecule has 0 aliphatic carbocycles. The number of nitrogens with one attached hydrogen (secondary N) is 3. The fourth-order valence-corrected chi connectivity index (χ4v) is 3.38. The van der Waals surface area contributed by atoms with Gasteiger partial charge in [0.1, 0.15) is 0 Å². The Labute approximate surface area is 169 Å². The second-order valence-electron chi connectivity index (χ2n) is 5.50. The van der Waals surface area contributed by atoms with Gasteiger partial charge in [-0.25, -0.2) is 22.7 Å². The van der Waals surface area contributed by atoms with E-state index < -0.39 is 22.0 Å². The Morgan fingerprint density at radius 3 is 2.48 bits per heavy atom. The molecule has 29 heavy (non-hydrogen) atoms. The summed E-state index contributed by atoms with van der Waals surface area (Å²) in [6.45, 7) is 0. The summed E-state index contributed by atoms with van der Waals surface area (Å²) in [5.41, 5.74) is 0.530. The van der Waals surface area contributed by atoms with Crippen LogP contribution in [-0.4, -0.2) is 48.2 Å². The monoisotopic (exact) mass is 436 g/mol. The van der Waals surface area contributed by atoms with Crippen molar-refractivity contribution in [3.05, 3.63) is 53.1 Å². The quantitative estimate of drug-likeness (QED) is 0.511. The topological polar surface area (TPSA) is 156 Å². The predicted octanol–water partition coefficient (Wildman–Crippen LogP) is 1.82. The number of aromatic amines is 1. The van der Waals surface area contributed by atoms with Gasteiger partial charge in [0.25, 0.3) is 10.0 Å². The number of methoxy groups -OCH3 is 1. The van der Waals surface area contributed by atoms with Gasteiger partial charge < -0.3 is 10.1 Å². The lowest BCUT2D eigenvalue weighted by Gasteiger charge is -2.12. The van der Waals surface area contributed by atoms with Crippen molar-refractivity contribution in [2.24, 2.45) is 0 Å². The zero-order valence-corrected chi connectivity index (χ0v) is 16.3. The minimum absolute atomic E-state index is 0.00825. The molecule has 0 saturated heterocycles. The van der Waals surface area contributed by atoms with Crippen LogP contribution in [0.25, 0.3) is 11.4 Å². The van der Waals surface area contributed by atoms with Crippen molar-refractivity contribution in [2.45, 2.75) is 4.90 Å². The Kier molecular flexibility index (Phi) is 5.75. The molecule has 0 bridgehead atoms. The predicted molar refractivity (Wildman–Crippen MR) is 102 cm³/mol. The van der Waals surface area contributed by atoms with Gasteiger partial charge in [-0.2, -0.15) is 5.21 Å². The summed E-state index contributed by atoms with van der Waals surface area (Å²) in [5, 5.41) is 15.8. The Balaban J connectivity index is 1.76. The fourth-order valence-electron chi connectivity index (χ4n) is 2.30. The number of carbonyl (C=O) groups excluding carboxylic acids is 2. The fraction of sp³-hybridized carbons (Fsp3) is 0.0625. The van der Waals surface area contributed by atoms with E-state index >= 15 is 0 Å². The third-order valence-electron chi connectivity index (χ3n) is 3.63. The normalized spacial score (nSPS) is 11.0. The molecule has 0 radical (unpaired) electrons. The van der Waals surface area contributed by atoms with Gasteiger partial charge in [-0.1, -0.05) is 11.6 Å². The van der Waals surface area contributed by atoms with Crippen LogP contribution in [0.15, 0.2) is 47.4 Å². The molecule has 0 aliphatic rings. The minimum Gasteiger partial charge on any atom is -0.465 e. The first-order valence-corrected chi connectivity index (χ1v) is 9.72. The number of hydrogen-bond donors (Lipinski definition) is 3. The smallest absolute Gasteiger partial charge is 0.339 e. The highest BCUT2D eigenvalue weighted by molar-refractivity contribution is 7.90. The lowest BCUT2D eigenvalue weighted by atomic mass is 10.2. The van der Waals surface area contributed by atoms with E-state index in [4.69, 9.17) is 11.6 Å². The number of tetrazole rings is 1. The van der Waals surface area contributed by atoms with Crippen molar-refractivity contribution >= 4 is 39.3 Å². The third-order valence-corrected chi connectivity index (χ3v) is 5.21. The molecule has 2 amide bonds. The van der Waals surface area contributed by atoms with Gasteiger partial charge in [0.15, 0.2) is 0 Å². The van der Waals surface area contributed by atoms with E-state index in [1.165, 1.54) is 49.6 Å². The van der Waals surface area contributed by atoms with Crippen molar-refractivity contribution in [3.8, 4) is 11.4 Å². The van der Waals surface area contributed by atoms with Gasteiger partial charge in [0, 0.05) is 10.6 Å². The molecule has 0 unspecified atom stereocenters. The highest BCUT2D eigenvalue weighted by Gasteiger charge is 2.20. The molecule has 0 atom stereocenters. The van der Waals surface area contributed by atoms with Crippen molar-refractivity contribution < 1.29 is 22.7 Å². The van der Waals surface area contributed by atoms with Crippen molar-refractivity contribution in [1.82, 2.24) is 25.3 Å². The zero-order valence-electron chi connectivity index (χ0n) is 14.7. The number of halogens is 1. The number of carbonyl (C=O) groups is 2. The van der Waals surface area contributed by atoms with Crippen LogP contribution in [0.1, 0.15) is 10.4 Å². The Bertz CT molecular complexity index is 1150. The molecule has 150 valence electrons. The number of aromatic nitrogens is 4. The number of benzene rings is 2. The second kappa shape index (κ2) is 8.24. The number of esters is 1. The molecule has 0 fully saturated rings. The Morgan fingerprint density at radius 2 is 1.86 bits per heavy atom. The summed E-state index contributed by atoms with van der Waals surface area (Å²) in [6.07, 6.45) is 0. The summed E-state index contributed by atoms with van der Waals surface area (Å²) >= 11 is 5.88. The van der Waals surface area contributed by atoms with Gasteiger partial charge in [-0.05, 0) is 47.7 Å². The van der Waals surface area contributed by atoms with Gasteiger partial charge in [0.05, 0.1) is 23.3 Å². The highest BCUT2D eigenvalue weighted by Crippen LogP contribution is 2.22.